The number of aliphatic hydroxyl groups excluding tert-OH is 1. The summed E-state index contributed by atoms with van der Waals surface area (Å²) in [5.74, 6) is -0.668. The van der Waals surface area contributed by atoms with Gasteiger partial charge in [-0.2, -0.15) is 0 Å². The van der Waals surface area contributed by atoms with Gasteiger partial charge in [-0.3, -0.25) is 4.79 Å². The number of aryl methyl sites for hydroxylation is 1. The molecule has 0 heterocycles. The van der Waals surface area contributed by atoms with Crippen LogP contribution in [0.2, 0.25) is 0 Å². The molecule has 3 nitrogen and oxygen atoms in total. The molecule has 1 aromatic carbocycles. The van der Waals surface area contributed by atoms with Crippen LogP contribution in [-0.4, -0.2) is 22.3 Å². The average molecular weight is 166 g/mol. The Labute approximate surface area is 70.3 Å². The van der Waals surface area contributed by atoms with Crippen LogP contribution in [-0.2, 0) is 0 Å². The second-order valence-corrected chi connectivity index (χ2v) is 2.61. The van der Waals surface area contributed by atoms with Gasteiger partial charge in [-0.15, -0.1) is 0 Å². The molecule has 0 saturated carbocycles. The highest BCUT2D eigenvalue weighted by molar-refractivity contribution is 5.98. The monoisotopic (exact) mass is 166 g/mol. The minimum Gasteiger partial charge on any atom is -0.362 e. The Morgan fingerprint density at radius 3 is 2.58 bits per heavy atom. The molecule has 0 aliphatic carbocycles. The smallest absolute Gasteiger partial charge is 0.218 e. The van der Waals surface area contributed by atoms with Crippen LogP contribution < -0.4 is 0 Å². The molecule has 0 unspecified atom stereocenters. The summed E-state index contributed by atoms with van der Waals surface area (Å²) < 4.78 is 0. The van der Waals surface area contributed by atoms with Gasteiger partial charge in [-0.1, -0.05) is 23.8 Å². The van der Waals surface area contributed by atoms with E-state index in [0.29, 0.717) is 5.56 Å². The maximum Gasteiger partial charge on any atom is 0.218 e. The van der Waals surface area contributed by atoms with E-state index in [-0.39, 0.29) is 0 Å². The second-order valence-electron chi connectivity index (χ2n) is 2.61. The van der Waals surface area contributed by atoms with Gasteiger partial charge in [-0.05, 0) is 13.0 Å². The van der Waals surface area contributed by atoms with Crippen LogP contribution in [0.15, 0.2) is 24.3 Å². The van der Waals surface area contributed by atoms with Crippen molar-refractivity contribution in [2.24, 2.45) is 0 Å². The SMILES string of the molecule is Cc1cccc(C(=O)C(O)O)c1. The van der Waals surface area contributed by atoms with Crippen molar-refractivity contribution < 1.29 is 15.0 Å². The van der Waals surface area contributed by atoms with E-state index in [1.54, 1.807) is 18.2 Å². The van der Waals surface area contributed by atoms with E-state index >= 15 is 0 Å². The zero-order valence-electron chi connectivity index (χ0n) is 6.69. The molecule has 0 aliphatic rings. The van der Waals surface area contributed by atoms with E-state index in [9.17, 15) is 4.79 Å². The third-order valence-corrected chi connectivity index (χ3v) is 1.54. The largest absolute Gasteiger partial charge is 0.362 e. The topological polar surface area (TPSA) is 57.5 Å². The molecule has 0 bridgehead atoms. The summed E-state index contributed by atoms with van der Waals surface area (Å²) in [6.45, 7) is 1.83. The quantitative estimate of drug-likeness (QED) is 0.496. The van der Waals surface area contributed by atoms with Gasteiger partial charge >= 0.3 is 0 Å². The van der Waals surface area contributed by atoms with Crippen molar-refractivity contribution in [3.05, 3.63) is 35.4 Å². The molecule has 0 saturated heterocycles. The van der Waals surface area contributed by atoms with Crippen LogP contribution in [0.3, 0.4) is 0 Å². The van der Waals surface area contributed by atoms with Gasteiger partial charge in [0.25, 0.3) is 0 Å². The molecule has 0 aliphatic heterocycles. The third kappa shape index (κ3) is 1.90. The fraction of sp³-hybridized carbons (Fsp3) is 0.222. The lowest BCUT2D eigenvalue weighted by molar-refractivity contribution is -0.0195. The number of rotatable bonds is 2. The number of hydrogen-bond donors (Lipinski definition) is 2. The normalized spacial score (nSPS) is 10.3. The predicted octanol–water partition coefficient (Wildman–Crippen LogP) is 0.488. The Bertz CT molecular complexity index is 292. The van der Waals surface area contributed by atoms with Gasteiger partial charge < -0.3 is 10.2 Å². The first kappa shape index (κ1) is 8.90. The molecule has 3 heteroatoms. The molecule has 0 fully saturated rings. The molecule has 64 valence electrons. The number of hydrogen-bond acceptors (Lipinski definition) is 3. The van der Waals surface area contributed by atoms with E-state index in [1.165, 1.54) is 0 Å². The van der Waals surface area contributed by atoms with Gasteiger partial charge in [0.05, 0.1) is 0 Å². The molecule has 0 spiro atoms. The van der Waals surface area contributed by atoms with Crippen LogP contribution in [0.5, 0.6) is 0 Å². The van der Waals surface area contributed by atoms with Crippen molar-refractivity contribution in [2.45, 2.75) is 13.2 Å². The maximum atomic E-state index is 11.0. The zero-order valence-corrected chi connectivity index (χ0v) is 6.69. The summed E-state index contributed by atoms with van der Waals surface area (Å²) in [7, 11) is 0. The summed E-state index contributed by atoms with van der Waals surface area (Å²) in [6, 6.07) is 6.70. The predicted molar refractivity (Wildman–Crippen MR) is 43.7 cm³/mol. The van der Waals surface area contributed by atoms with Crippen LogP contribution in [0.25, 0.3) is 0 Å². The zero-order chi connectivity index (χ0) is 9.14. The Morgan fingerprint density at radius 1 is 1.42 bits per heavy atom. The Morgan fingerprint density at radius 2 is 2.08 bits per heavy atom. The molecular weight excluding hydrogens is 156 g/mol. The fourth-order valence-electron chi connectivity index (χ4n) is 0.947. The number of ketones is 1. The van der Waals surface area contributed by atoms with Crippen molar-refractivity contribution in [1.82, 2.24) is 0 Å². The molecule has 0 amide bonds. The summed E-state index contributed by atoms with van der Waals surface area (Å²) >= 11 is 0. The van der Waals surface area contributed by atoms with Crippen LogP contribution >= 0.6 is 0 Å². The summed E-state index contributed by atoms with van der Waals surface area (Å²) in [4.78, 5) is 11.0. The average Bonchev–Trinajstić information content (AvgIpc) is 2.03. The molecule has 1 aromatic rings. The molecule has 0 aromatic heterocycles. The number of aliphatic hydroxyl groups is 2. The van der Waals surface area contributed by atoms with Crippen molar-refractivity contribution in [2.75, 3.05) is 0 Å². The molecular formula is C9H10O3. The highest BCUT2D eigenvalue weighted by atomic mass is 16.5. The van der Waals surface area contributed by atoms with Crippen LogP contribution in [0.4, 0.5) is 0 Å². The standard InChI is InChI=1S/C9H10O3/c1-6-3-2-4-7(5-6)8(10)9(11)12/h2-5,9,11-12H,1H3. The van der Waals surface area contributed by atoms with E-state index < -0.39 is 12.1 Å². The van der Waals surface area contributed by atoms with Crippen LogP contribution in [0, 0.1) is 6.92 Å². The number of Topliss-reactive ketones (excluding diaryl/α,β-unsaturated/α-hetero) is 1. The Kier molecular flexibility index (Phi) is 2.58. The maximum absolute atomic E-state index is 11.0. The highest BCUT2D eigenvalue weighted by Gasteiger charge is 2.12. The minimum absolute atomic E-state index is 0.324. The van der Waals surface area contributed by atoms with Crippen molar-refractivity contribution >= 4 is 5.78 Å². The molecule has 0 radical (unpaired) electrons. The van der Waals surface area contributed by atoms with Gasteiger partial charge in [0.1, 0.15) is 0 Å². The lowest BCUT2D eigenvalue weighted by Gasteiger charge is -2.02. The van der Waals surface area contributed by atoms with E-state index in [0.717, 1.165) is 5.56 Å². The summed E-state index contributed by atoms with van der Waals surface area (Å²) in [6.07, 6.45) is -1.91. The van der Waals surface area contributed by atoms with Crippen molar-refractivity contribution in [3.8, 4) is 0 Å². The lowest BCUT2D eigenvalue weighted by atomic mass is 10.1. The fourth-order valence-corrected chi connectivity index (χ4v) is 0.947. The second kappa shape index (κ2) is 3.47. The van der Waals surface area contributed by atoms with E-state index in [2.05, 4.69) is 0 Å². The van der Waals surface area contributed by atoms with E-state index in [1.807, 2.05) is 13.0 Å². The first-order valence-electron chi connectivity index (χ1n) is 3.58. The summed E-state index contributed by atoms with van der Waals surface area (Å²) in [5, 5.41) is 17.1. The van der Waals surface area contributed by atoms with Gasteiger partial charge in [0.15, 0.2) is 0 Å². The van der Waals surface area contributed by atoms with Gasteiger partial charge in [0, 0.05) is 5.56 Å². The Balaban J connectivity index is 2.96. The van der Waals surface area contributed by atoms with Gasteiger partial charge in [-0.25, -0.2) is 0 Å². The lowest BCUT2D eigenvalue weighted by Crippen LogP contribution is -2.19. The van der Waals surface area contributed by atoms with E-state index in [4.69, 9.17) is 10.2 Å². The van der Waals surface area contributed by atoms with Crippen molar-refractivity contribution in [1.29, 1.82) is 0 Å². The first-order valence-corrected chi connectivity index (χ1v) is 3.58. The number of benzene rings is 1. The third-order valence-electron chi connectivity index (χ3n) is 1.54. The Hall–Kier alpha value is -1.19. The molecule has 1 rings (SSSR count). The number of carbonyl (C=O) groups excluding carboxylic acids is 1. The summed E-state index contributed by atoms with van der Waals surface area (Å²) in [5.41, 5.74) is 1.24. The minimum atomic E-state index is -1.91. The number of carbonyl (C=O) groups is 1. The first-order chi connectivity index (χ1) is 5.61. The van der Waals surface area contributed by atoms with Gasteiger partial charge in [0.2, 0.25) is 12.1 Å². The molecule has 0 atom stereocenters. The van der Waals surface area contributed by atoms with Crippen molar-refractivity contribution in [3.63, 3.8) is 0 Å². The van der Waals surface area contributed by atoms with Crippen LogP contribution in [0.1, 0.15) is 15.9 Å². The highest BCUT2D eigenvalue weighted by Crippen LogP contribution is 2.05. The molecule has 12 heavy (non-hydrogen) atoms. The molecule has 2 N–H and O–H groups in total.